The molecule has 4 bridgehead atoms. The van der Waals surface area contributed by atoms with Crippen LogP contribution in [0.15, 0.2) is 0 Å². The fraction of sp³-hybridized carbons (Fsp3) is 0.941. The molecule has 1 amide bonds. The van der Waals surface area contributed by atoms with Gasteiger partial charge in [0.25, 0.3) is 0 Å². The van der Waals surface area contributed by atoms with Crippen molar-refractivity contribution in [1.82, 2.24) is 5.32 Å². The van der Waals surface area contributed by atoms with Crippen LogP contribution < -0.4 is 11.1 Å². The molecule has 5 rings (SSSR count). The minimum Gasteiger partial charge on any atom is -0.351 e. The molecule has 0 aliphatic heterocycles. The van der Waals surface area contributed by atoms with Crippen LogP contribution in [-0.2, 0) is 4.79 Å². The van der Waals surface area contributed by atoms with Crippen molar-refractivity contribution in [2.75, 3.05) is 0 Å². The second kappa shape index (κ2) is 4.22. The van der Waals surface area contributed by atoms with E-state index in [2.05, 4.69) is 12.2 Å². The highest BCUT2D eigenvalue weighted by molar-refractivity contribution is 5.87. The Bertz CT molecular complexity index is 391. The maximum absolute atomic E-state index is 12.4. The molecule has 1 unspecified atom stereocenters. The fourth-order valence-electron chi connectivity index (χ4n) is 5.99. The van der Waals surface area contributed by atoms with Crippen LogP contribution in [0.3, 0.4) is 0 Å². The highest BCUT2D eigenvalue weighted by Crippen LogP contribution is 2.61. The predicted octanol–water partition coefficient (Wildman–Crippen LogP) is 2.59. The summed E-state index contributed by atoms with van der Waals surface area (Å²) in [5, 5.41) is 3.32. The van der Waals surface area contributed by atoms with Crippen molar-refractivity contribution in [1.29, 1.82) is 0 Å². The van der Waals surface area contributed by atoms with Crippen molar-refractivity contribution in [3.63, 3.8) is 0 Å². The topological polar surface area (TPSA) is 55.1 Å². The van der Waals surface area contributed by atoms with Gasteiger partial charge in [0.05, 0.1) is 5.54 Å². The molecule has 5 saturated carbocycles. The molecular formula is C17H28N2O. The summed E-state index contributed by atoms with van der Waals surface area (Å²) in [5.41, 5.74) is 6.02. The molecule has 1 atom stereocenters. The van der Waals surface area contributed by atoms with Crippen molar-refractivity contribution < 1.29 is 4.79 Å². The average molecular weight is 276 g/mol. The van der Waals surface area contributed by atoms with Gasteiger partial charge in [0.1, 0.15) is 0 Å². The van der Waals surface area contributed by atoms with Gasteiger partial charge in [0, 0.05) is 6.04 Å². The van der Waals surface area contributed by atoms with E-state index in [1.165, 1.54) is 38.5 Å². The Kier molecular flexibility index (Phi) is 2.77. The Balaban J connectivity index is 1.48. The SMILES string of the molecule is CC(NC(=O)C1(N)CCC1)C12CC3CC(CC(C3)C1)C2. The van der Waals surface area contributed by atoms with Crippen LogP contribution in [-0.4, -0.2) is 17.5 Å². The van der Waals surface area contributed by atoms with E-state index in [1.54, 1.807) is 0 Å². The number of carbonyl (C=O) groups excluding carboxylic acids is 1. The van der Waals surface area contributed by atoms with E-state index in [0.29, 0.717) is 11.5 Å². The van der Waals surface area contributed by atoms with E-state index in [1.807, 2.05) is 0 Å². The molecule has 112 valence electrons. The van der Waals surface area contributed by atoms with E-state index in [4.69, 9.17) is 5.73 Å². The molecule has 5 aliphatic carbocycles. The molecule has 5 aliphatic rings. The number of rotatable bonds is 3. The van der Waals surface area contributed by atoms with Crippen LogP contribution >= 0.6 is 0 Å². The van der Waals surface area contributed by atoms with Gasteiger partial charge in [-0.1, -0.05) is 0 Å². The fourth-order valence-corrected chi connectivity index (χ4v) is 5.99. The number of amides is 1. The third-order valence-electron chi connectivity index (χ3n) is 7.05. The molecule has 3 nitrogen and oxygen atoms in total. The largest absolute Gasteiger partial charge is 0.351 e. The first-order valence-electron chi connectivity index (χ1n) is 8.59. The Morgan fingerprint density at radius 1 is 1.10 bits per heavy atom. The van der Waals surface area contributed by atoms with Crippen LogP contribution in [0.25, 0.3) is 0 Å². The van der Waals surface area contributed by atoms with Gasteiger partial charge in [0.15, 0.2) is 0 Å². The number of nitrogens with two attached hydrogens (primary N) is 1. The lowest BCUT2D eigenvalue weighted by atomic mass is 9.48. The number of nitrogens with one attached hydrogen (secondary N) is 1. The molecule has 3 N–H and O–H groups in total. The van der Waals surface area contributed by atoms with Crippen LogP contribution in [0.4, 0.5) is 0 Å². The van der Waals surface area contributed by atoms with E-state index in [-0.39, 0.29) is 5.91 Å². The number of hydrogen-bond acceptors (Lipinski definition) is 2. The smallest absolute Gasteiger partial charge is 0.240 e. The van der Waals surface area contributed by atoms with Gasteiger partial charge in [0.2, 0.25) is 5.91 Å². The first kappa shape index (κ1) is 13.1. The zero-order valence-electron chi connectivity index (χ0n) is 12.7. The van der Waals surface area contributed by atoms with Gasteiger partial charge < -0.3 is 11.1 Å². The summed E-state index contributed by atoms with van der Waals surface area (Å²) in [6.07, 6.45) is 11.3. The Morgan fingerprint density at radius 2 is 1.60 bits per heavy atom. The molecule has 0 aromatic heterocycles. The second-order valence-electron chi connectivity index (χ2n) is 8.48. The van der Waals surface area contributed by atoms with E-state index < -0.39 is 5.54 Å². The minimum atomic E-state index is -0.545. The number of carbonyl (C=O) groups is 1. The Hall–Kier alpha value is -0.570. The van der Waals surface area contributed by atoms with Gasteiger partial charge in [-0.25, -0.2) is 0 Å². The molecule has 0 aromatic carbocycles. The normalized spacial score (nSPS) is 45.8. The minimum absolute atomic E-state index is 0.118. The van der Waals surface area contributed by atoms with Gasteiger partial charge >= 0.3 is 0 Å². The Morgan fingerprint density at radius 3 is 2.00 bits per heavy atom. The summed E-state index contributed by atoms with van der Waals surface area (Å²) >= 11 is 0. The molecule has 0 aromatic rings. The highest BCUT2D eigenvalue weighted by Gasteiger charge is 2.54. The molecule has 0 radical (unpaired) electrons. The lowest BCUT2D eigenvalue weighted by molar-refractivity contribution is -0.133. The zero-order chi connectivity index (χ0) is 14.0. The average Bonchev–Trinajstić information content (AvgIpc) is 2.34. The van der Waals surface area contributed by atoms with E-state index >= 15 is 0 Å². The molecule has 20 heavy (non-hydrogen) atoms. The van der Waals surface area contributed by atoms with Gasteiger partial charge in [-0.2, -0.15) is 0 Å². The van der Waals surface area contributed by atoms with Gasteiger partial charge in [-0.15, -0.1) is 0 Å². The number of hydrogen-bond donors (Lipinski definition) is 2. The summed E-state index contributed by atoms with van der Waals surface area (Å²) in [6, 6.07) is 0.310. The van der Waals surface area contributed by atoms with Crippen molar-refractivity contribution in [3.8, 4) is 0 Å². The van der Waals surface area contributed by atoms with Gasteiger partial charge in [-0.05, 0) is 87.9 Å². The summed E-state index contributed by atoms with van der Waals surface area (Å²) < 4.78 is 0. The quantitative estimate of drug-likeness (QED) is 0.832. The lowest BCUT2D eigenvalue weighted by Crippen LogP contribution is -2.63. The lowest BCUT2D eigenvalue weighted by Gasteiger charge is -2.59. The molecule has 0 heterocycles. The van der Waals surface area contributed by atoms with E-state index in [0.717, 1.165) is 37.0 Å². The summed E-state index contributed by atoms with van der Waals surface area (Å²) in [4.78, 5) is 12.4. The monoisotopic (exact) mass is 276 g/mol. The third kappa shape index (κ3) is 1.85. The Labute approximate surface area is 122 Å². The first-order valence-corrected chi connectivity index (χ1v) is 8.59. The molecule has 5 fully saturated rings. The predicted molar refractivity (Wildman–Crippen MR) is 79.0 cm³/mol. The summed E-state index contributed by atoms with van der Waals surface area (Å²) in [7, 11) is 0. The zero-order valence-corrected chi connectivity index (χ0v) is 12.7. The van der Waals surface area contributed by atoms with Crippen LogP contribution in [0.2, 0.25) is 0 Å². The molecule has 0 saturated heterocycles. The second-order valence-corrected chi connectivity index (χ2v) is 8.48. The molecule has 0 spiro atoms. The summed E-state index contributed by atoms with van der Waals surface area (Å²) in [5.74, 6) is 2.94. The van der Waals surface area contributed by atoms with Crippen molar-refractivity contribution in [2.45, 2.75) is 76.3 Å². The third-order valence-corrected chi connectivity index (χ3v) is 7.05. The van der Waals surface area contributed by atoms with Crippen LogP contribution in [0, 0.1) is 23.2 Å². The standard InChI is InChI=1S/C17H28N2O/c1-11(19-15(20)17(18)3-2-4-17)16-8-12-5-13(9-16)7-14(6-12)10-16/h11-14H,2-10,18H2,1H3,(H,19,20). The van der Waals surface area contributed by atoms with Crippen molar-refractivity contribution in [3.05, 3.63) is 0 Å². The maximum atomic E-state index is 12.4. The van der Waals surface area contributed by atoms with E-state index in [9.17, 15) is 4.79 Å². The van der Waals surface area contributed by atoms with Crippen molar-refractivity contribution >= 4 is 5.91 Å². The van der Waals surface area contributed by atoms with Crippen molar-refractivity contribution in [2.24, 2.45) is 28.9 Å². The first-order chi connectivity index (χ1) is 9.49. The molecular weight excluding hydrogens is 248 g/mol. The highest BCUT2D eigenvalue weighted by atomic mass is 16.2. The maximum Gasteiger partial charge on any atom is 0.240 e. The van der Waals surface area contributed by atoms with Gasteiger partial charge in [-0.3, -0.25) is 4.79 Å². The molecule has 3 heteroatoms. The summed E-state index contributed by atoms with van der Waals surface area (Å²) in [6.45, 7) is 2.24. The van der Waals surface area contributed by atoms with Crippen LogP contribution in [0.5, 0.6) is 0 Å². The van der Waals surface area contributed by atoms with Crippen LogP contribution in [0.1, 0.15) is 64.7 Å².